The van der Waals surface area contributed by atoms with Crippen molar-refractivity contribution in [3.8, 4) is 0 Å². The van der Waals surface area contributed by atoms with E-state index in [0.29, 0.717) is 29.1 Å². The minimum Gasteiger partial charge on any atom is -0.310 e. The van der Waals surface area contributed by atoms with Gasteiger partial charge in [-0.1, -0.05) is 42.5 Å². The second kappa shape index (κ2) is 7.71. The molecular weight excluding hydrogens is 369 g/mol. The first-order valence-corrected chi connectivity index (χ1v) is 10.1. The Morgan fingerprint density at radius 3 is 2.81 bits per heavy atom. The predicted molar refractivity (Wildman–Crippen MR) is 105 cm³/mol. The van der Waals surface area contributed by atoms with Gasteiger partial charge >= 0.3 is 0 Å². The molecule has 2 aliphatic rings. The number of benzene rings is 1. The molecule has 2 aromatic rings. The monoisotopic (exact) mass is 391 g/mol. The lowest BCUT2D eigenvalue weighted by Crippen LogP contribution is -2.36. The fraction of sp³-hybridized carbons (Fsp3) is 0.500. The molecule has 0 saturated heterocycles. The normalized spacial score (nSPS) is 18.7. The highest BCUT2D eigenvalue weighted by atomic mass is 35.5. The zero-order valence-electron chi connectivity index (χ0n) is 14.7. The molecule has 0 bridgehead atoms. The van der Waals surface area contributed by atoms with Crippen LogP contribution in [0, 0.1) is 0 Å². The topological polar surface area (TPSA) is 49.0 Å². The van der Waals surface area contributed by atoms with Crippen LogP contribution < -0.4 is 5.56 Å². The molecule has 0 unspecified atom stereocenters. The Kier molecular flexibility index (Phi) is 5.35. The molecule has 0 amide bonds. The first-order valence-electron chi connectivity index (χ1n) is 9.38. The first kappa shape index (κ1) is 18.0. The summed E-state index contributed by atoms with van der Waals surface area (Å²) in [7, 11) is 0. The molecule has 1 aromatic carbocycles. The largest absolute Gasteiger partial charge is 0.310 e. The zero-order valence-corrected chi connectivity index (χ0v) is 16.2. The van der Waals surface area contributed by atoms with E-state index in [1.165, 1.54) is 19.3 Å². The number of halogens is 2. The number of nitrogens with zero attached hydrogens (tertiary/aromatic N) is 2. The van der Waals surface area contributed by atoms with E-state index in [1.54, 1.807) is 6.07 Å². The van der Waals surface area contributed by atoms with E-state index in [9.17, 15) is 4.79 Å². The zero-order chi connectivity index (χ0) is 18.1. The molecule has 4 nitrogen and oxygen atoms in total. The lowest BCUT2D eigenvalue weighted by molar-refractivity contribution is 0.241. The van der Waals surface area contributed by atoms with Gasteiger partial charge in [-0.05, 0) is 36.6 Å². The van der Waals surface area contributed by atoms with Crippen LogP contribution in [-0.2, 0) is 19.5 Å². The van der Waals surface area contributed by atoms with Gasteiger partial charge < -0.3 is 4.98 Å². The molecule has 1 fully saturated rings. The van der Waals surface area contributed by atoms with E-state index >= 15 is 0 Å². The average Bonchev–Trinajstić information content (AvgIpc) is 2.66. The summed E-state index contributed by atoms with van der Waals surface area (Å²) in [6.07, 6.45) is 6.85. The van der Waals surface area contributed by atoms with Gasteiger partial charge in [0.15, 0.2) is 0 Å². The Bertz CT molecular complexity index is 859. The summed E-state index contributed by atoms with van der Waals surface area (Å²) in [6, 6.07) is 5.51. The predicted octanol–water partition coefficient (Wildman–Crippen LogP) is 4.68. The summed E-state index contributed by atoms with van der Waals surface area (Å²) in [5.41, 5.74) is 2.79. The smallest absolute Gasteiger partial charge is 0.255 e. The summed E-state index contributed by atoms with van der Waals surface area (Å²) in [5.74, 6) is 1.32. The third kappa shape index (κ3) is 3.83. The molecular formula is C20H23Cl2N3O. The van der Waals surface area contributed by atoms with E-state index in [-0.39, 0.29) is 5.56 Å². The number of rotatable bonds is 3. The number of nitrogens with one attached hydrogen (secondary N) is 1. The van der Waals surface area contributed by atoms with Crippen LogP contribution in [0.25, 0.3) is 0 Å². The van der Waals surface area contributed by atoms with Gasteiger partial charge in [0.25, 0.3) is 5.56 Å². The van der Waals surface area contributed by atoms with E-state index in [0.717, 1.165) is 48.5 Å². The van der Waals surface area contributed by atoms with Crippen molar-refractivity contribution < 1.29 is 0 Å². The van der Waals surface area contributed by atoms with Crippen LogP contribution in [0.5, 0.6) is 0 Å². The molecule has 6 heteroatoms. The van der Waals surface area contributed by atoms with E-state index in [2.05, 4.69) is 9.88 Å². The lowest BCUT2D eigenvalue weighted by Gasteiger charge is -2.29. The van der Waals surface area contributed by atoms with Crippen LogP contribution in [0.1, 0.15) is 60.7 Å². The van der Waals surface area contributed by atoms with Crippen LogP contribution in [0.4, 0.5) is 0 Å². The second-order valence-electron chi connectivity index (χ2n) is 7.41. The SMILES string of the molecule is O=c1[nH]c(C2CCCCC2)nc2c1CN(Cc1cc(Cl)ccc1Cl)CC2. The van der Waals surface area contributed by atoms with Crippen molar-refractivity contribution in [2.75, 3.05) is 6.54 Å². The molecule has 0 atom stereocenters. The third-order valence-electron chi connectivity index (χ3n) is 5.56. The number of aromatic nitrogens is 2. The van der Waals surface area contributed by atoms with Gasteiger partial charge in [-0.25, -0.2) is 4.98 Å². The van der Waals surface area contributed by atoms with Crippen LogP contribution in [0.2, 0.25) is 10.0 Å². The maximum Gasteiger partial charge on any atom is 0.255 e. The Morgan fingerprint density at radius 2 is 2.00 bits per heavy atom. The minimum atomic E-state index is 0.0254. The third-order valence-corrected chi connectivity index (χ3v) is 6.16. The van der Waals surface area contributed by atoms with Crippen LogP contribution in [0.3, 0.4) is 0 Å². The quantitative estimate of drug-likeness (QED) is 0.825. The maximum atomic E-state index is 12.7. The molecule has 138 valence electrons. The highest BCUT2D eigenvalue weighted by Crippen LogP contribution is 2.31. The maximum absolute atomic E-state index is 12.7. The van der Waals surface area contributed by atoms with Gasteiger partial charge in [-0.2, -0.15) is 0 Å². The fourth-order valence-corrected chi connectivity index (χ4v) is 4.48. The van der Waals surface area contributed by atoms with Crippen molar-refractivity contribution in [2.45, 2.75) is 57.5 Å². The Balaban J connectivity index is 1.53. The minimum absolute atomic E-state index is 0.0254. The van der Waals surface area contributed by atoms with Crippen molar-refractivity contribution in [3.05, 3.63) is 61.2 Å². The van der Waals surface area contributed by atoms with Gasteiger partial charge in [0, 0.05) is 42.0 Å². The van der Waals surface area contributed by atoms with Gasteiger partial charge in [0.05, 0.1) is 11.3 Å². The highest BCUT2D eigenvalue weighted by Gasteiger charge is 2.24. The Morgan fingerprint density at radius 1 is 1.19 bits per heavy atom. The van der Waals surface area contributed by atoms with Crippen molar-refractivity contribution in [2.24, 2.45) is 0 Å². The van der Waals surface area contributed by atoms with Crippen LogP contribution in [0.15, 0.2) is 23.0 Å². The molecule has 0 radical (unpaired) electrons. The molecule has 1 aliphatic heterocycles. The van der Waals surface area contributed by atoms with Gasteiger partial charge in [0.2, 0.25) is 0 Å². The van der Waals surface area contributed by atoms with Crippen molar-refractivity contribution in [3.63, 3.8) is 0 Å². The van der Waals surface area contributed by atoms with E-state index < -0.39 is 0 Å². The standard InChI is InChI=1S/C20H23Cl2N3O/c21-15-6-7-17(22)14(10-15)11-25-9-8-18-16(12-25)20(26)24-19(23-18)13-4-2-1-3-5-13/h6-7,10,13H,1-5,8-9,11-12H2,(H,23,24,26). The number of hydrogen-bond donors (Lipinski definition) is 1. The van der Waals surface area contributed by atoms with Crippen molar-refractivity contribution >= 4 is 23.2 Å². The van der Waals surface area contributed by atoms with Gasteiger partial charge in [0.1, 0.15) is 5.82 Å². The van der Waals surface area contributed by atoms with E-state index in [4.69, 9.17) is 28.2 Å². The molecule has 0 spiro atoms. The Labute approximate surface area is 163 Å². The number of fused-ring (bicyclic) bond motifs is 1. The summed E-state index contributed by atoms with van der Waals surface area (Å²) in [6.45, 7) is 2.16. The summed E-state index contributed by atoms with van der Waals surface area (Å²) in [5, 5.41) is 1.39. The summed E-state index contributed by atoms with van der Waals surface area (Å²) in [4.78, 5) is 22.8. The first-order chi connectivity index (χ1) is 12.6. The fourth-order valence-electron chi connectivity index (χ4n) is 4.11. The molecule has 1 aliphatic carbocycles. The van der Waals surface area contributed by atoms with Crippen LogP contribution >= 0.6 is 23.2 Å². The van der Waals surface area contributed by atoms with Gasteiger partial charge in [-0.15, -0.1) is 0 Å². The number of aromatic amines is 1. The molecule has 26 heavy (non-hydrogen) atoms. The molecule has 1 saturated carbocycles. The molecule has 4 rings (SSSR count). The molecule has 1 aromatic heterocycles. The number of hydrogen-bond acceptors (Lipinski definition) is 3. The molecule has 2 heterocycles. The molecule has 1 N–H and O–H groups in total. The number of H-pyrrole nitrogens is 1. The Hall–Kier alpha value is -1.36. The van der Waals surface area contributed by atoms with Crippen molar-refractivity contribution in [1.29, 1.82) is 0 Å². The summed E-state index contributed by atoms with van der Waals surface area (Å²) >= 11 is 12.4. The second-order valence-corrected chi connectivity index (χ2v) is 8.25. The van der Waals surface area contributed by atoms with Crippen LogP contribution in [-0.4, -0.2) is 21.4 Å². The summed E-state index contributed by atoms with van der Waals surface area (Å²) < 4.78 is 0. The van der Waals surface area contributed by atoms with E-state index in [1.807, 2.05) is 12.1 Å². The average molecular weight is 392 g/mol. The van der Waals surface area contributed by atoms with Crippen molar-refractivity contribution in [1.82, 2.24) is 14.9 Å². The van der Waals surface area contributed by atoms with Gasteiger partial charge in [-0.3, -0.25) is 9.69 Å². The lowest BCUT2D eigenvalue weighted by atomic mass is 9.88. The highest BCUT2D eigenvalue weighted by molar-refractivity contribution is 6.33.